The van der Waals surface area contributed by atoms with Crippen LogP contribution in [0, 0.1) is 5.92 Å². The average molecular weight is 458 g/mol. The van der Waals surface area contributed by atoms with E-state index in [0.29, 0.717) is 18.0 Å². The number of fused-ring (bicyclic) bond motifs is 1. The zero-order valence-electron chi connectivity index (χ0n) is 18.8. The zero-order chi connectivity index (χ0) is 22.0. The van der Waals surface area contributed by atoms with E-state index in [-0.39, 0.29) is 29.4 Å². The highest BCUT2D eigenvalue weighted by Crippen LogP contribution is 2.41. The van der Waals surface area contributed by atoms with E-state index in [4.69, 9.17) is 4.74 Å². The van der Waals surface area contributed by atoms with Crippen LogP contribution in [0.25, 0.3) is 0 Å². The van der Waals surface area contributed by atoms with Crippen molar-refractivity contribution in [2.24, 2.45) is 5.92 Å². The van der Waals surface area contributed by atoms with Crippen LogP contribution in [0.4, 0.5) is 0 Å². The predicted molar refractivity (Wildman–Crippen MR) is 127 cm³/mol. The van der Waals surface area contributed by atoms with Crippen molar-refractivity contribution in [1.82, 2.24) is 15.1 Å². The first-order valence-corrected chi connectivity index (χ1v) is 13.4. The van der Waals surface area contributed by atoms with E-state index < -0.39 is 0 Å². The van der Waals surface area contributed by atoms with Crippen molar-refractivity contribution >= 4 is 23.6 Å². The van der Waals surface area contributed by atoms with Gasteiger partial charge >= 0.3 is 0 Å². The third-order valence-corrected chi connectivity index (χ3v) is 9.24. The normalized spacial score (nSPS) is 33.1. The number of ether oxygens (including phenoxy) is 1. The molecule has 7 heteroatoms. The highest BCUT2D eigenvalue weighted by molar-refractivity contribution is 7.99. The van der Waals surface area contributed by atoms with Crippen molar-refractivity contribution < 1.29 is 14.3 Å². The van der Waals surface area contributed by atoms with Crippen LogP contribution in [0.1, 0.15) is 48.9 Å². The Morgan fingerprint density at radius 2 is 1.91 bits per heavy atom. The van der Waals surface area contributed by atoms with E-state index in [9.17, 15) is 9.59 Å². The number of hydrogen-bond donors (Lipinski definition) is 1. The van der Waals surface area contributed by atoms with Crippen molar-refractivity contribution in [3.05, 3.63) is 35.9 Å². The molecule has 4 fully saturated rings. The maximum Gasteiger partial charge on any atom is 0.254 e. The molecule has 0 spiro atoms. The summed E-state index contributed by atoms with van der Waals surface area (Å²) < 4.78 is 5.57. The van der Waals surface area contributed by atoms with Gasteiger partial charge in [-0.2, -0.15) is 11.8 Å². The smallest absolute Gasteiger partial charge is 0.254 e. The summed E-state index contributed by atoms with van der Waals surface area (Å²) in [6.07, 6.45) is 6.39. The number of rotatable bonds is 5. The van der Waals surface area contributed by atoms with Crippen LogP contribution < -0.4 is 5.32 Å². The summed E-state index contributed by atoms with van der Waals surface area (Å²) >= 11 is 1.98. The zero-order valence-corrected chi connectivity index (χ0v) is 19.7. The third kappa shape index (κ3) is 4.31. The van der Waals surface area contributed by atoms with Crippen LogP contribution in [-0.2, 0) is 9.53 Å². The summed E-state index contributed by atoms with van der Waals surface area (Å²) in [7, 11) is 0. The van der Waals surface area contributed by atoms with Crippen molar-refractivity contribution in [3.63, 3.8) is 0 Å². The van der Waals surface area contributed by atoms with Gasteiger partial charge < -0.3 is 15.0 Å². The maximum absolute atomic E-state index is 13.6. The largest absolute Gasteiger partial charge is 0.379 e. The summed E-state index contributed by atoms with van der Waals surface area (Å²) in [5.41, 5.74) is 0.706. The van der Waals surface area contributed by atoms with Gasteiger partial charge in [-0.05, 0) is 49.5 Å². The SMILES string of the molecule is O=C(NCC1(N2CCOCC2)CCSC1)C1CC2CCCCC2N1C(=O)c1ccccc1. The van der Waals surface area contributed by atoms with Gasteiger partial charge in [-0.25, -0.2) is 0 Å². The van der Waals surface area contributed by atoms with Gasteiger partial charge in [0.15, 0.2) is 0 Å². The lowest BCUT2D eigenvalue weighted by Gasteiger charge is -2.43. The number of morpholine rings is 1. The van der Waals surface area contributed by atoms with Crippen LogP contribution >= 0.6 is 11.8 Å². The topological polar surface area (TPSA) is 61.9 Å². The molecule has 5 rings (SSSR count). The minimum absolute atomic E-state index is 0.0134. The van der Waals surface area contributed by atoms with E-state index in [2.05, 4.69) is 10.2 Å². The molecule has 4 aliphatic rings. The van der Waals surface area contributed by atoms with Gasteiger partial charge in [0.25, 0.3) is 5.91 Å². The second-order valence-electron chi connectivity index (χ2n) is 9.79. The van der Waals surface area contributed by atoms with Crippen LogP contribution in [0.2, 0.25) is 0 Å². The molecule has 4 atom stereocenters. The number of thioether (sulfide) groups is 1. The Balaban J connectivity index is 1.32. The lowest BCUT2D eigenvalue weighted by atomic mass is 9.84. The van der Waals surface area contributed by atoms with E-state index in [0.717, 1.165) is 69.9 Å². The summed E-state index contributed by atoms with van der Waals surface area (Å²) in [6, 6.07) is 9.32. The first-order valence-electron chi connectivity index (χ1n) is 12.2. The summed E-state index contributed by atoms with van der Waals surface area (Å²) in [5, 5.41) is 3.32. The molecule has 1 N–H and O–H groups in total. The van der Waals surface area contributed by atoms with Gasteiger partial charge in [0, 0.05) is 42.5 Å². The summed E-state index contributed by atoms with van der Waals surface area (Å²) in [6.45, 7) is 4.07. The molecular weight excluding hydrogens is 422 g/mol. The Morgan fingerprint density at radius 3 is 2.66 bits per heavy atom. The molecule has 6 nitrogen and oxygen atoms in total. The number of carbonyl (C=O) groups is 2. The van der Waals surface area contributed by atoms with E-state index in [1.165, 1.54) is 6.42 Å². The monoisotopic (exact) mass is 457 g/mol. The highest BCUT2D eigenvalue weighted by Gasteiger charge is 2.48. The van der Waals surface area contributed by atoms with Gasteiger partial charge in [0.2, 0.25) is 5.91 Å². The first-order chi connectivity index (χ1) is 15.7. The molecule has 3 heterocycles. The summed E-state index contributed by atoms with van der Waals surface area (Å²) in [4.78, 5) is 31.5. The Bertz CT molecular complexity index is 808. The van der Waals surface area contributed by atoms with Crippen LogP contribution in [-0.4, -0.2) is 83.6 Å². The van der Waals surface area contributed by atoms with Gasteiger partial charge in [-0.3, -0.25) is 14.5 Å². The molecule has 1 aliphatic carbocycles. The average Bonchev–Trinajstić information content (AvgIpc) is 3.49. The fourth-order valence-corrected chi connectivity index (χ4v) is 7.70. The lowest BCUT2D eigenvalue weighted by molar-refractivity contribution is -0.126. The number of nitrogens with one attached hydrogen (secondary N) is 1. The standard InChI is InChI=1S/C25H35N3O3S/c29-23(26-17-25(10-15-32-18-25)27-11-13-31-14-12-27)22-16-20-8-4-5-9-21(20)28(22)24(30)19-6-2-1-3-7-19/h1-3,6-7,20-22H,4-5,8-18H2,(H,26,29). The minimum atomic E-state index is -0.355. The minimum Gasteiger partial charge on any atom is -0.379 e. The quantitative estimate of drug-likeness (QED) is 0.737. The fraction of sp³-hybridized carbons (Fsp3) is 0.680. The van der Waals surface area contributed by atoms with Crippen molar-refractivity contribution in [1.29, 1.82) is 0 Å². The maximum atomic E-state index is 13.6. The van der Waals surface area contributed by atoms with Crippen molar-refractivity contribution in [3.8, 4) is 0 Å². The number of likely N-dealkylation sites (tertiary alicyclic amines) is 1. The number of hydrogen-bond acceptors (Lipinski definition) is 5. The van der Waals surface area contributed by atoms with Crippen molar-refractivity contribution in [2.75, 3.05) is 44.4 Å². The molecule has 2 amide bonds. The lowest BCUT2D eigenvalue weighted by Crippen LogP contribution is -2.60. The summed E-state index contributed by atoms with van der Waals surface area (Å²) in [5.74, 6) is 2.69. The fourth-order valence-electron chi connectivity index (χ4n) is 6.22. The highest BCUT2D eigenvalue weighted by atomic mass is 32.2. The van der Waals surface area contributed by atoms with E-state index in [1.54, 1.807) is 0 Å². The molecule has 0 aromatic heterocycles. The number of carbonyl (C=O) groups excluding carboxylic acids is 2. The number of amides is 2. The van der Waals surface area contributed by atoms with Gasteiger partial charge in [-0.15, -0.1) is 0 Å². The second kappa shape index (κ2) is 9.74. The van der Waals surface area contributed by atoms with Gasteiger partial charge in [0.05, 0.1) is 13.2 Å². The number of benzene rings is 1. The third-order valence-electron chi connectivity index (χ3n) is 8.00. The van der Waals surface area contributed by atoms with Crippen molar-refractivity contribution in [2.45, 2.75) is 56.1 Å². The van der Waals surface area contributed by atoms with Crippen LogP contribution in [0.15, 0.2) is 30.3 Å². The Hall–Kier alpha value is -1.57. The van der Waals surface area contributed by atoms with Gasteiger partial charge in [0.1, 0.15) is 6.04 Å². The van der Waals surface area contributed by atoms with Crippen LogP contribution in [0.5, 0.6) is 0 Å². The molecular formula is C25H35N3O3S. The molecule has 1 saturated carbocycles. The van der Waals surface area contributed by atoms with Gasteiger partial charge in [-0.1, -0.05) is 31.0 Å². The molecule has 0 radical (unpaired) electrons. The number of nitrogens with zero attached hydrogens (tertiary/aromatic N) is 2. The molecule has 3 saturated heterocycles. The molecule has 1 aromatic rings. The molecule has 4 unspecified atom stereocenters. The molecule has 174 valence electrons. The molecule has 32 heavy (non-hydrogen) atoms. The molecule has 0 bridgehead atoms. The second-order valence-corrected chi connectivity index (χ2v) is 10.9. The Labute approximate surface area is 195 Å². The molecule has 1 aromatic carbocycles. The Morgan fingerprint density at radius 1 is 1.12 bits per heavy atom. The Kier molecular flexibility index (Phi) is 6.76. The first kappa shape index (κ1) is 22.2. The van der Waals surface area contributed by atoms with Crippen LogP contribution in [0.3, 0.4) is 0 Å². The molecule has 3 aliphatic heterocycles. The van der Waals surface area contributed by atoms with E-state index in [1.807, 2.05) is 47.0 Å². The van der Waals surface area contributed by atoms with E-state index >= 15 is 0 Å². The predicted octanol–water partition coefficient (Wildman–Crippen LogP) is 2.78.